The van der Waals surface area contributed by atoms with Crippen molar-refractivity contribution in [1.29, 1.82) is 0 Å². The molecule has 98 valence electrons. The van der Waals surface area contributed by atoms with Gasteiger partial charge in [0, 0.05) is 0 Å². The average Bonchev–Trinajstić information content (AvgIpc) is 2.41. The lowest BCUT2D eigenvalue weighted by molar-refractivity contribution is -0.138. The number of nitrogens with one attached hydrogen (secondary N) is 1. The summed E-state index contributed by atoms with van der Waals surface area (Å²) in [6.07, 6.45) is 4.64. The summed E-state index contributed by atoms with van der Waals surface area (Å²) in [5, 5.41) is 0. The first-order valence-corrected chi connectivity index (χ1v) is 6.74. The van der Waals surface area contributed by atoms with E-state index < -0.39 is 4.87 Å². The number of halogens is 1. The molecule has 0 aromatic heterocycles. The van der Waals surface area contributed by atoms with Crippen molar-refractivity contribution in [2.24, 2.45) is 0 Å². The Labute approximate surface area is 112 Å². The second-order valence-corrected chi connectivity index (χ2v) is 5.45. The number of hydrogen-bond acceptors (Lipinski definition) is 2. The van der Waals surface area contributed by atoms with Crippen LogP contribution in [0.4, 0.5) is 0 Å². The third-order valence-electron chi connectivity index (χ3n) is 3.30. The molecule has 1 aromatic rings. The number of hydrogen-bond donors (Lipinski definition) is 1. The van der Waals surface area contributed by atoms with Crippen molar-refractivity contribution < 1.29 is 9.63 Å². The fraction of sp³-hybridized carbons (Fsp3) is 0.500. The van der Waals surface area contributed by atoms with E-state index in [0.29, 0.717) is 6.61 Å². The lowest BCUT2D eigenvalue weighted by atomic mass is 9.88. The van der Waals surface area contributed by atoms with E-state index in [1.54, 1.807) is 0 Å². The summed E-state index contributed by atoms with van der Waals surface area (Å²) in [5.41, 5.74) is 3.49. The van der Waals surface area contributed by atoms with E-state index >= 15 is 0 Å². The molecule has 3 nitrogen and oxygen atoms in total. The largest absolute Gasteiger partial charge is 0.271 e. The van der Waals surface area contributed by atoms with E-state index in [1.807, 2.05) is 30.3 Å². The molecule has 1 N–H and O–H groups in total. The summed E-state index contributed by atoms with van der Waals surface area (Å²) < 4.78 is 0. The molecule has 1 aliphatic rings. The predicted octanol–water partition coefficient (Wildman–Crippen LogP) is 3.18. The van der Waals surface area contributed by atoms with E-state index in [4.69, 9.17) is 16.4 Å². The normalized spacial score (nSPS) is 18.3. The molecule has 0 heterocycles. The molecule has 0 radical (unpaired) electrons. The molecule has 4 heteroatoms. The first-order valence-electron chi connectivity index (χ1n) is 6.36. The number of rotatable bonds is 4. The number of benzene rings is 1. The van der Waals surface area contributed by atoms with Crippen LogP contribution in [0.2, 0.25) is 0 Å². The standard InChI is InChI=1S/C14H18ClNO2/c15-14(9-5-2-6-10-14)13(17)16-18-11-12-7-3-1-4-8-12/h1,3-4,7-8H,2,5-6,9-11H2,(H,16,17). The maximum atomic E-state index is 11.9. The summed E-state index contributed by atoms with van der Waals surface area (Å²) in [4.78, 5) is 16.4. The SMILES string of the molecule is O=C(NOCc1ccccc1)C1(Cl)CCCCC1. The van der Waals surface area contributed by atoms with Gasteiger partial charge in [-0.2, -0.15) is 0 Å². The molecule has 18 heavy (non-hydrogen) atoms. The maximum Gasteiger partial charge on any atom is 0.264 e. The van der Waals surface area contributed by atoms with Crippen molar-refractivity contribution >= 4 is 17.5 Å². The van der Waals surface area contributed by atoms with Crippen molar-refractivity contribution in [3.63, 3.8) is 0 Å². The molecular weight excluding hydrogens is 250 g/mol. The van der Waals surface area contributed by atoms with Crippen LogP contribution in [0.3, 0.4) is 0 Å². The number of hydroxylamine groups is 1. The van der Waals surface area contributed by atoms with E-state index in [9.17, 15) is 4.79 Å². The summed E-state index contributed by atoms with van der Waals surface area (Å²) in [5.74, 6) is -0.209. The van der Waals surface area contributed by atoms with Gasteiger partial charge in [0.2, 0.25) is 0 Å². The van der Waals surface area contributed by atoms with Gasteiger partial charge >= 0.3 is 0 Å². The smallest absolute Gasteiger partial charge is 0.264 e. The number of carbonyl (C=O) groups excluding carboxylic acids is 1. The van der Waals surface area contributed by atoms with E-state index in [1.165, 1.54) is 0 Å². The zero-order valence-electron chi connectivity index (χ0n) is 10.3. The summed E-state index contributed by atoms with van der Waals surface area (Å²) in [6, 6.07) is 9.71. The molecule has 0 unspecified atom stereocenters. The van der Waals surface area contributed by atoms with Gasteiger partial charge in [0.1, 0.15) is 4.87 Å². The first kappa shape index (κ1) is 13.4. The van der Waals surface area contributed by atoms with Crippen LogP contribution in [0.1, 0.15) is 37.7 Å². The Hall–Kier alpha value is -1.06. The molecule has 0 atom stereocenters. The zero-order chi connectivity index (χ0) is 12.8. The van der Waals surface area contributed by atoms with E-state index in [0.717, 1.165) is 37.7 Å². The Morgan fingerprint density at radius 3 is 2.56 bits per heavy atom. The van der Waals surface area contributed by atoms with Crippen LogP contribution in [0.5, 0.6) is 0 Å². The van der Waals surface area contributed by atoms with Gasteiger partial charge in [-0.3, -0.25) is 9.63 Å². The van der Waals surface area contributed by atoms with Crippen LogP contribution < -0.4 is 5.48 Å². The molecule has 0 bridgehead atoms. The van der Waals surface area contributed by atoms with Crippen molar-refractivity contribution in [2.75, 3.05) is 0 Å². The Kier molecular flexibility index (Phi) is 4.61. The third-order valence-corrected chi connectivity index (χ3v) is 3.85. The minimum absolute atomic E-state index is 0.209. The van der Waals surface area contributed by atoms with Crippen LogP contribution in [-0.2, 0) is 16.2 Å². The topological polar surface area (TPSA) is 38.3 Å². The molecule has 0 saturated heterocycles. The highest BCUT2D eigenvalue weighted by Crippen LogP contribution is 2.34. The molecule has 1 amide bonds. The summed E-state index contributed by atoms with van der Waals surface area (Å²) in [6.45, 7) is 0.361. The van der Waals surface area contributed by atoms with Gasteiger partial charge in [-0.25, -0.2) is 5.48 Å². The molecule has 1 fully saturated rings. The number of carbonyl (C=O) groups is 1. The zero-order valence-corrected chi connectivity index (χ0v) is 11.1. The lowest BCUT2D eigenvalue weighted by Crippen LogP contribution is -2.43. The molecule has 1 aromatic carbocycles. The minimum atomic E-state index is -0.769. The summed E-state index contributed by atoms with van der Waals surface area (Å²) in [7, 11) is 0. The third kappa shape index (κ3) is 3.47. The monoisotopic (exact) mass is 267 g/mol. The Balaban J connectivity index is 1.78. The van der Waals surface area contributed by atoms with Gasteiger partial charge in [-0.15, -0.1) is 11.6 Å². The van der Waals surface area contributed by atoms with Crippen LogP contribution >= 0.6 is 11.6 Å². The predicted molar refractivity (Wildman–Crippen MR) is 71.0 cm³/mol. The molecule has 0 aliphatic heterocycles. The van der Waals surface area contributed by atoms with Crippen molar-refractivity contribution in [1.82, 2.24) is 5.48 Å². The fourth-order valence-electron chi connectivity index (χ4n) is 2.19. The van der Waals surface area contributed by atoms with Crippen molar-refractivity contribution in [3.8, 4) is 0 Å². The van der Waals surface area contributed by atoms with Crippen molar-refractivity contribution in [2.45, 2.75) is 43.6 Å². The number of amides is 1. The molecule has 1 aliphatic carbocycles. The quantitative estimate of drug-likeness (QED) is 0.672. The summed E-state index contributed by atoms with van der Waals surface area (Å²) >= 11 is 6.32. The highest BCUT2D eigenvalue weighted by molar-refractivity contribution is 6.34. The Morgan fingerprint density at radius 2 is 1.89 bits per heavy atom. The van der Waals surface area contributed by atoms with Gasteiger partial charge in [0.25, 0.3) is 5.91 Å². The van der Waals surface area contributed by atoms with Gasteiger partial charge < -0.3 is 0 Å². The molecule has 1 saturated carbocycles. The van der Waals surface area contributed by atoms with Gasteiger partial charge in [-0.05, 0) is 18.4 Å². The minimum Gasteiger partial charge on any atom is -0.271 e. The maximum absolute atomic E-state index is 11.9. The average molecular weight is 268 g/mol. The lowest BCUT2D eigenvalue weighted by Gasteiger charge is -2.29. The Bertz CT molecular complexity index is 388. The van der Waals surface area contributed by atoms with Crippen LogP contribution in [0.15, 0.2) is 30.3 Å². The highest BCUT2D eigenvalue weighted by Gasteiger charge is 2.37. The van der Waals surface area contributed by atoms with Gasteiger partial charge in [0.15, 0.2) is 0 Å². The first-order chi connectivity index (χ1) is 8.71. The van der Waals surface area contributed by atoms with Crippen molar-refractivity contribution in [3.05, 3.63) is 35.9 Å². The van der Waals surface area contributed by atoms with Gasteiger partial charge in [0.05, 0.1) is 6.61 Å². The molecule has 2 rings (SSSR count). The molecule has 0 spiro atoms. The second-order valence-electron chi connectivity index (χ2n) is 4.73. The van der Waals surface area contributed by atoms with Crippen LogP contribution in [0.25, 0.3) is 0 Å². The van der Waals surface area contributed by atoms with E-state index in [-0.39, 0.29) is 5.91 Å². The van der Waals surface area contributed by atoms with Crippen LogP contribution in [-0.4, -0.2) is 10.8 Å². The second kappa shape index (κ2) is 6.21. The van der Waals surface area contributed by atoms with Crippen LogP contribution in [0, 0.1) is 0 Å². The number of alkyl halides is 1. The fourth-order valence-corrected chi connectivity index (χ4v) is 2.50. The molecular formula is C14H18ClNO2. The van der Waals surface area contributed by atoms with Gasteiger partial charge in [-0.1, -0.05) is 49.6 Å². The van der Waals surface area contributed by atoms with E-state index in [2.05, 4.69) is 5.48 Å². The highest BCUT2D eigenvalue weighted by atomic mass is 35.5. The Morgan fingerprint density at radius 1 is 1.22 bits per heavy atom.